The van der Waals surface area contributed by atoms with E-state index in [1.807, 2.05) is 84.0 Å². The van der Waals surface area contributed by atoms with Crippen LogP contribution in [0.25, 0.3) is 0 Å². The summed E-state index contributed by atoms with van der Waals surface area (Å²) < 4.78 is 37.4. The first-order valence-corrected chi connectivity index (χ1v) is 23.3. The highest BCUT2D eigenvalue weighted by Crippen LogP contribution is 2.48. The zero-order valence-corrected chi connectivity index (χ0v) is 38.2. The SMILES string of the molecule is [2H]C([2H])([2H])N1CN(c2cccc(Oc3cncc(N4CN(c5ccc(N6CN(c7cncc(Oc8cccc(N9CN(C)c%10ccccc%109)c8)c7)c7ccccc76)cc5)c5ccccc54)c3)c2)c2ccccc21. The van der Waals surface area contributed by atoms with Gasteiger partial charge in [-0.25, -0.2) is 0 Å². The van der Waals surface area contributed by atoms with Crippen LogP contribution in [0.1, 0.15) is 4.11 Å². The summed E-state index contributed by atoms with van der Waals surface area (Å²) >= 11 is 0. The summed E-state index contributed by atoms with van der Waals surface area (Å²) in [7, 11) is 2.11. The van der Waals surface area contributed by atoms with Gasteiger partial charge in [0.2, 0.25) is 0 Å². The van der Waals surface area contributed by atoms with Crippen molar-refractivity contribution in [2.45, 2.75) is 0 Å². The fourth-order valence-electron chi connectivity index (χ4n) is 10.1. The monoisotopic (exact) mass is 919 g/mol. The second-order valence-corrected chi connectivity index (χ2v) is 17.7. The Labute approximate surface area is 411 Å². The van der Waals surface area contributed by atoms with Crippen molar-refractivity contribution in [1.29, 1.82) is 0 Å². The largest absolute Gasteiger partial charge is 0.456 e. The Bertz CT molecular complexity index is 3540. The molecule has 0 aliphatic carbocycles. The van der Waals surface area contributed by atoms with Crippen LogP contribution < -0.4 is 48.7 Å². The van der Waals surface area contributed by atoms with Gasteiger partial charge < -0.3 is 48.7 Å². The second kappa shape index (κ2) is 16.9. The molecule has 0 atom stereocenters. The van der Waals surface area contributed by atoms with E-state index >= 15 is 0 Å². The van der Waals surface area contributed by atoms with Crippen molar-refractivity contribution in [3.05, 3.63) is 207 Å². The zero-order valence-electron chi connectivity index (χ0n) is 41.2. The molecule has 12 nitrogen and oxygen atoms in total. The highest BCUT2D eigenvalue weighted by Gasteiger charge is 2.32. The van der Waals surface area contributed by atoms with Crippen molar-refractivity contribution in [2.75, 3.05) is 79.9 Å². The number of hydrogen-bond donors (Lipinski definition) is 0. The molecular formula is C58H48N10O2. The van der Waals surface area contributed by atoms with E-state index in [-0.39, 0.29) is 6.67 Å². The van der Waals surface area contributed by atoms with Gasteiger partial charge in [-0.05, 0) is 97.1 Å². The Morgan fingerprint density at radius 2 is 0.671 bits per heavy atom. The summed E-state index contributed by atoms with van der Waals surface area (Å²) in [6, 6.07) is 61.6. The third-order valence-corrected chi connectivity index (χ3v) is 13.4. The molecule has 0 amide bonds. The van der Waals surface area contributed by atoms with Gasteiger partial charge in [-0.1, -0.05) is 60.7 Å². The third kappa shape index (κ3) is 7.24. The lowest BCUT2D eigenvalue weighted by molar-refractivity contribution is 0.480. The molecule has 70 heavy (non-hydrogen) atoms. The van der Waals surface area contributed by atoms with Crippen molar-refractivity contribution in [1.82, 2.24) is 9.97 Å². The molecule has 7 aromatic carbocycles. The molecular weight excluding hydrogens is 869 g/mol. The number of anilines is 14. The summed E-state index contributed by atoms with van der Waals surface area (Å²) in [4.78, 5) is 26.4. The average Bonchev–Trinajstić information content (AvgIpc) is 4.20. The Balaban J connectivity index is 0.712. The van der Waals surface area contributed by atoms with Crippen molar-refractivity contribution in [3.8, 4) is 23.0 Å². The smallest absolute Gasteiger partial charge is 0.147 e. The van der Waals surface area contributed by atoms with E-state index in [0.717, 1.165) is 75.0 Å². The molecule has 0 spiro atoms. The number of fused-ring (bicyclic) bond motifs is 4. The Morgan fingerprint density at radius 3 is 1.10 bits per heavy atom. The number of nitrogens with zero attached hydrogens (tertiary/aromatic N) is 10. The van der Waals surface area contributed by atoms with Crippen LogP contribution in [0, 0.1) is 0 Å². The quantitative estimate of drug-likeness (QED) is 0.131. The molecule has 0 radical (unpaired) electrons. The van der Waals surface area contributed by atoms with Crippen LogP contribution in [-0.2, 0) is 0 Å². The molecule has 4 aliphatic rings. The maximum Gasteiger partial charge on any atom is 0.147 e. The lowest BCUT2D eigenvalue weighted by atomic mass is 10.2. The highest BCUT2D eigenvalue weighted by atomic mass is 16.5. The zero-order chi connectivity index (χ0) is 49.2. The minimum absolute atomic E-state index is 0.198. The molecule has 0 fully saturated rings. The lowest BCUT2D eigenvalue weighted by Gasteiger charge is -2.24. The second-order valence-electron chi connectivity index (χ2n) is 17.7. The standard InChI is InChI=1S/C58H48N10O2/c1-61-37-63(53-19-5-3-17-51(53)61)43-13-11-15-47(29-43)69-49-31-45(33-59-35-49)67-39-65(55-21-7-9-23-57(55)67)41-25-27-42(28-26-41)66-40-68(58-24-10-8-22-56(58)66)46-32-50(36-60-34-46)70-48-16-12-14-44(30-48)64-38-62(2)52-18-4-6-20-54(52)64/h3-36H,37-40H2,1-2H3/i1D3. The van der Waals surface area contributed by atoms with Crippen molar-refractivity contribution in [2.24, 2.45) is 0 Å². The van der Waals surface area contributed by atoms with Gasteiger partial charge in [0.25, 0.3) is 0 Å². The number of rotatable bonds is 10. The topological polar surface area (TPSA) is 70.2 Å². The van der Waals surface area contributed by atoms with Gasteiger partial charge in [0, 0.05) is 65.2 Å². The minimum Gasteiger partial charge on any atom is -0.456 e. The third-order valence-electron chi connectivity index (χ3n) is 13.4. The lowest BCUT2D eigenvalue weighted by Crippen LogP contribution is -2.25. The maximum atomic E-state index is 8.14. The summed E-state index contributed by atoms with van der Waals surface area (Å²) in [6.07, 6.45) is 7.23. The van der Waals surface area contributed by atoms with E-state index in [1.165, 1.54) is 16.3 Å². The molecule has 12 heteroatoms. The normalized spacial score (nSPS) is 15.4. The molecule has 0 N–H and O–H groups in total. The van der Waals surface area contributed by atoms with Crippen molar-refractivity contribution >= 4 is 79.6 Å². The van der Waals surface area contributed by atoms with Gasteiger partial charge in [-0.2, -0.15) is 0 Å². The molecule has 4 aliphatic heterocycles. The molecule has 9 aromatic rings. The number of benzene rings is 7. The number of ether oxygens (including phenoxy) is 2. The molecule has 0 unspecified atom stereocenters. The Morgan fingerprint density at radius 1 is 0.329 bits per heavy atom. The van der Waals surface area contributed by atoms with Crippen LogP contribution in [-0.4, -0.2) is 50.7 Å². The van der Waals surface area contributed by atoms with Gasteiger partial charge >= 0.3 is 0 Å². The summed E-state index contributed by atoms with van der Waals surface area (Å²) in [5.74, 6) is 2.60. The van der Waals surface area contributed by atoms with E-state index in [9.17, 15) is 0 Å². The predicted octanol–water partition coefficient (Wildman–Crippen LogP) is 13.6. The summed E-state index contributed by atoms with van der Waals surface area (Å²) in [5, 5.41) is 0. The van der Waals surface area contributed by atoms with Gasteiger partial charge in [0.15, 0.2) is 0 Å². The number of para-hydroxylation sites is 8. The Kier molecular flexibility index (Phi) is 9.12. The first kappa shape index (κ1) is 37.9. The molecule has 13 rings (SSSR count). The first-order valence-electron chi connectivity index (χ1n) is 24.8. The van der Waals surface area contributed by atoms with Gasteiger partial charge in [0.1, 0.15) is 36.3 Å². The van der Waals surface area contributed by atoms with Crippen LogP contribution in [0.4, 0.5) is 79.6 Å². The molecule has 342 valence electrons. The maximum absolute atomic E-state index is 8.14. The van der Waals surface area contributed by atoms with E-state index in [1.54, 1.807) is 12.4 Å². The predicted molar refractivity (Wildman–Crippen MR) is 283 cm³/mol. The molecule has 6 heterocycles. The van der Waals surface area contributed by atoms with Crippen LogP contribution in [0.3, 0.4) is 0 Å². The molecule has 0 saturated carbocycles. The number of pyridine rings is 2. The number of hydrogen-bond acceptors (Lipinski definition) is 12. The van der Waals surface area contributed by atoms with Crippen LogP contribution in [0.2, 0.25) is 0 Å². The van der Waals surface area contributed by atoms with Crippen LogP contribution in [0.15, 0.2) is 207 Å². The minimum atomic E-state index is -2.28. The highest BCUT2D eigenvalue weighted by molar-refractivity contribution is 5.90. The van der Waals surface area contributed by atoms with Crippen LogP contribution in [0.5, 0.6) is 23.0 Å². The van der Waals surface area contributed by atoms with Gasteiger partial charge in [-0.15, -0.1) is 0 Å². The fraction of sp³-hybridized carbons (Fsp3) is 0.103. The average molecular weight is 920 g/mol. The number of aromatic nitrogens is 2. The van der Waals surface area contributed by atoms with Crippen molar-refractivity contribution < 1.29 is 13.6 Å². The van der Waals surface area contributed by atoms with E-state index < -0.39 is 6.98 Å². The van der Waals surface area contributed by atoms with Crippen molar-refractivity contribution in [3.63, 3.8) is 0 Å². The first-order chi connectivity index (χ1) is 35.7. The van der Waals surface area contributed by atoms with E-state index in [0.29, 0.717) is 36.3 Å². The summed E-state index contributed by atoms with van der Waals surface area (Å²) in [5.41, 5.74) is 14.0. The molecule has 0 saturated heterocycles. The summed E-state index contributed by atoms with van der Waals surface area (Å²) in [6.45, 7) is -0.164. The Hall–Kier alpha value is -9.16. The molecule has 2 aromatic heterocycles. The van der Waals surface area contributed by atoms with Gasteiger partial charge in [0.05, 0.1) is 95.0 Å². The van der Waals surface area contributed by atoms with Gasteiger partial charge in [-0.3, -0.25) is 9.97 Å². The molecule has 0 bridgehead atoms. The van der Waals surface area contributed by atoms with E-state index in [2.05, 4.69) is 162 Å². The van der Waals surface area contributed by atoms with E-state index in [4.69, 9.17) is 13.6 Å². The fourth-order valence-corrected chi connectivity index (χ4v) is 10.1. The van der Waals surface area contributed by atoms with Crippen LogP contribution >= 0.6 is 0 Å².